The minimum absolute atomic E-state index is 0.0273. The lowest BCUT2D eigenvalue weighted by Gasteiger charge is -2.14. The van der Waals surface area contributed by atoms with Gasteiger partial charge in [-0.2, -0.15) is 0 Å². The van der Waals surface area contributed by atoms with Crippen LogP contribution in [0.5, 0.6) is 5.75 Å². The highest BCUT2D eigenvalue weighted by Gasteiger charge is 2.30. The van der Waals surface area contributed by atoms with E-state index in [2.05, 4.69) is 0 Å². The van der Waals surface area contributed by atoms with Gasteiger partial charge in [-0.25, -0.2) is 0 Å². The molecule has 1 aliphatic heterocycles. The van der Waals surface area contributed by atoms with E-state index in [0.717, 1.165) is 18.5 Å². The molecule has 1 amide bonds. The van der Waals surface area contributed by atoms with Crippen molar-refractivity contribution in [2.75, 3.05) is 13.6 Å². The third-order valence-electron chi connectivity index (χ3n) is 3.04. The highest BCUT2D eigenvalue weighted by molar-refractivity contribution is 5.83. The lowest BCUT2D eigenvalue weighted by atomic mass is 10.1. The Hall–Kier alpha value is -1.55. The molecule has 2 N–H and O–H groups in total. The molecule has 0 aliphatic carbocycles. The normalized spacial score (nSPS) is 21.7. The molecule has 1 aromatic rings. The maximum Gasteiger partial charge on any atom is 0.263 e. The van der Waals surface area contributed by atoms with Gasteiger partial charge in [0, 0.05) is 26.1 Å². The van der Waals surface area contributed by atoms with Crippen LogP contribution in [0.2, 0.25) is 0 Å². The van der Waals surface area contributed by atoms with Gasteiger partial charge in [-0.1, -0.05) is 12.1 Å². The fourth-order valence-corrected chi connectivity index (χ4v) is 1.94. The monoisotopic (exact) mass is 234 g/mol. The van der Waals surface area contributed by atoms with Crippen LogP contribution in [0, 0.1) is 0 Å². The third-order valence-corrected chi connectivity index (χ3v) is 3.04. The lowest BCUT2D eigenvalue weighted by molar-refractivity contribution is -0.132. The number of benzene rings is 1. The predicted octanol–water partition coefficient (Wildman–Crippen LogP) is 1.32. The van der Waals surface area contributed by atoms with Crippen molar-refractivity contribution in [1.29, 1.82) is 0 Å². The molecule has 2 atom stereocenters. The van der Waals surface area contributed by atoms with Crippen molar-refractivity contribution in [3.05, 3.63) is 29.8 Å². The maximum absolute atomic E-state index is 11.7. The minimum Gasteiger partial charge on any atom is -0.481 e. The largest absolute Gasteiger partial charge is 0.481 e. The smallest absolute Gasteiger partial charge is 0.263 e. The summed E-state index contributed by atoms with van der Waals surface area (Å²) in [6.45, 7) is 2.68. The fraction of sp³-hybridized carbons (Fsp3) is 0.462. The first-order valence-electron chi connectivity index (χ1n) is 5.85. The van der Waals surface area contributed by atoms with Crippen LogP contribution in [0.4, 0.5) is 0 Å². The standard InChI is InChI=1S/C13H18N2O2/c1-9(14)10-4-3-5-11(8-10)17-12-6-7-15(2)13(12)16/h3-5,8-9,12H,6-7,14H2,1-2H3/t9-,12?/m1/s1. The van der Waals surface area contributed by atoms with Crippen LogP contribution in [0.1, 0.15) is 24.9 Å². The zero-order valence-electron chi connectivity index (χ0n) is 10.2. The molecule has 0 spiro atoms. The van der Waals surface area contributed by atoms with Crippen molar-refractivity contribution in [2.45, 2.75) is 25.5 Å². The van der Waals surface area contributed by atoms with Crippen LogP contribution in [0.25, 0.3) is 0 Å². The molecule has 0 saturated carbocycles. The molecule has 0 radical (unpaired) electrons. The summed E-state index contributed by atoms with van der Waals surface area (Å²) in [5, 5.41) is 0. The molecule has 92 valence electrons. The molecule has 1 saturated heterocycles. The quantitative estimate of drug-likeness (QED) is 0.858. The Morgan fingerprint density at radius 1 is 1.53 bits per heavy atom. The number of amides is 1. The van der Waals surface area contributed by atoms with E-state index in [-0.39, 0.29) is 18.1 Å². The molecule has 1 aromatic carbocycles. The number of ether oxygens (including phenoxy) is 1. The zero-order chi connectivity index (χ0) is 12.4. The second kappa shape index (κ2) is 4.75. The van der Waals surface area contributed by atoms with E-state index >= 15 is 0 Å². The lowest BCUT2D eigenvalue weighted by Crippen LogP contribution is -2.29. The Morgan fingerprint density at radius 2 is 2.29 bits per heavy atom. The third kappa shape index (κ3) is 2.58. The second-order valence-corrected chi connectivity index (χ2v) is 4.52. The Balaban J connectivity index is 2.09. The first kappa shape index (κ1) is 11.9. The van der Waals surface area contributed by atoms with Crippen LogP contribution >= 0.6 is 0 Å². The van der Waals surface area contributed by atoms with Crippen molar-refractivity contribution < 1.29 is 9.53 Å². The molecule has 1 unspecified atom stereocenters. The number of rotatable bonds is 3. The topological polar surface area (TPSA) is 55.6 Å². The Labute approximate surface area is 101 Å². The maximum atomic E-state index is 11.7. The summed E-state index contributed by atoms with van der Waals surface area (Å²) in [7, 11) is 1.80. The van der Waals surface area contributed by atoms with E-state index in [1.807, 2.05) is 31.2 Å². The number of carbonyl (C=O) groups is 1. The van der Waals surface area contributed by atoms with Gasteiger partial charge in [0.1, 0.15) is 5.75 Å². The van der Waals surface area contributed by atoms with Crippen molar-refractivity contribution in [3.8, 4) is 5.75 Å². The summed E-state index contributed by atoms with van der Waals surface area (Å²) in [4.78, 5) is 13.4. The number of hydrogen-bond acceptors (Lipinski definition) is 3. The van der Waals surface area contributed by atoms with E-state index in [0.29, 0.717) is 5.75 Å². The van der Waals surface area contributed by atoms with Crippen LogP contribution < -0.4 is 10.5 Å². The number of likely N-dealkylation sites (N-methyl/N-ethyl adjacent to an activating group) is 1. The van der Waals surface area contributed by atoms with Gasteiger partial charge < -0.3 is 15.4 Å². The van der Waals surface area contributed by atoms with Gasteiger partial charge in [0.15, 0.2) is 6.10 Å². The highest BCUT2D eigenvalue weighted by Crippen LogP contribution is 2.21. The molecular weight excluding hydrogens is 216 g/mol. The van der Waals surface area contributed by atoms with Crippen molar-refractivity contribution >= 4 is 5.91 Å². The predicted molar refractivity (Wildman–Crippen MR) is 65.7 cm³/mol. The van der Waals surface area contributed by atoms with E-state index in [1.165, 1.54) is 0 Å². The van der Waals surface area contributed by atoms with Crippen LogP contribution in [-0.2, 0) is 4.79 Å². The Bertz CT molecular complexity index is 418. The summed E-state index contributed by atoms with van der Waals surface area (Å²) in [6.07, 6.45) is 0.404. The number of likely N-dealkylation sites (tertiary alicyclic amines) is 1. The van der Waals surface area contributed by atoms with Gasteiger partial charge >= 0.3 is 0 Å². The molecule has 2 rings (SSSR count). The molecular formula is C13H18N2O2. The first-order valence-corrected chi connectivity index (χ1v) is 5.85. The SMILES string of the molecule is C[C@@H](N)c1cccc(OC2CCN(C)C2=O)c1. The van der Waals surface area contributed by atoms with Gasteiger partial charge in [0.25, 0.3) is 5.91 Å². The summed E-state index contributed by atoms with van der Waals surface area (Å²) in [6, 6.07) is 7.59. The number of nitrogens with two attached hydrogens (primary N) is 1. The zero-order valence-corrected chi connectivity index (χ0v) is 10.2. The van der Waals surface area contributed by atoms with Crippen molar-refractivity contribution in [3.63, 3.8) is 0 Å². The molecule has 1 aliphatic rings. The molecule has 1 fully saturated rings. The van der Waals surface area contributed by atoms with Gasteiger partial charge in [-0.15, -0.1) is 0 Å². The summed E-state index contributed by atoms with van der Waals surface area (Å²) in [5.41, 5.74) is 6.82. The van der Waals surface area contributed by atoms with Gasteiger partial charge in [-0.3, -0.25) is 4.79 Å². The highest BCUT2D eigenvalue weighted by atomic mass is 16.5. The fourth-order valence-electron chi connectivity index (χ4n) is 1.94. The molecule has 4 heteroatoms. The number of hydrogen-bond donors (Lipinski definition) is 1. The van der Waals surface area contributed by atoms with Crippen molar-refractivity contribution in [1.82, 2.24) is 4.90 Å². The van der Waals surface area contributed by atoms with E-state index < -0.39 is 0 Å². The van der Waals surface area contributed by atoms with Gasteiger partial charge in [-0.05, 0) is 24.6 Å². The van der Waals surface area contributed by atoms with Gasteiger partial charge in [0.2, 0.25) is 0 Å². The average Bonchev–Trinajstić information content (AvgIpc) is 2.61. The molecule has 0 aromatic heterocycles. The van der Waals surface area contributed by atoms with E-state index in [4.69, 9.17) is 10.5 Å². The Morgan fingerprint density at radius 3 is 2.88 bits per heavy atom. The van der Waals surface area contributed by atoms with Crippen LogP contribution in [-0.4, -0.2) is 30.5 Å². The Kier molecular flexibility index (Phi) is 3.33. The molecule has 4 nitrogen and oxygen atoms in total. The van der Waals surface area contributed by atoms with Crippen LogP contribution in [0.15, 0.2) is 24.3 Å². The number of nitrogens with zero attached hydrogens (tertiary/aromatic N) is 1. The van der Waals surface area contributed by atoms with Gasteiger partial charge in [0.05, 0.1) is 0 Å². The van der Waals surface area contributed by atoms with Crippen molar-refractivity contribution in [2.24, 2.45) is 5.73 Å². The molecule has 0 bridgehead atoms. The average molecular weight is 234 g/mol. The second-order valence-electron chi connectivity index (χ2n) is 4.52. The van der Waals surface area contributed by atoms with E-state index in [9.17, 15) is 4.79 Å². The molecule has 17 heavy (non-hydrogen) atoms. The summed E-state index contributed by atoms with van der Waals surface area (Å²) < 4.78 is 5.70. The summed E-state index contributed by atoms with van der Waals surface area (Å²) in [5.74, 6) is 0.768. The number of carbonyl (C=O) groups excluding carboxylic acids is 1. The minimum atomic E-state index is -0.344. The summed E-state index contributed by atoms with van der Waals surface area (Å²) >= 11 is 0. The van der Waals surface area contributed by atoms with Crippen LogP contribution in [0.3, 0.4) is 0 Å². The van der Waals surface area contributed by atoms with E-state index in [1.54, 1.807) is 11.9 Å². The first-order chi connectivity index (χ1) is 8.08. The molecule has 1 heterocycles.